The number of nitrogens with zero attached hydrogens (tertiary/aromatic N) is 1. The number of nitrogens with one attached hydrogen (secondary N) is 1. The van der Waals surface area contributed by atoms with Crippen molar-refractivity contribution in [2.45, 2.75) is 26.2 Å². The van der Waals surface area contributed by atoms with E-state index in [9.17, 15) is 14.9 Å². The number of carbonyl (C=O) groups is 1. The third-order valence-electron chi connectivity index (χ3n) is 4.13. The zero-order valence-corrected chi connectivity index (χ0v) is 15.9. The van der Waals surface area contributed by atoms with Crippen molar-refractivity contribution in [2.24, 2.45) is 0 Å². The first kappa shape index (κ1) is 18.1. The number of carbonyl (C=O) groups excluding carboxylic acids is 1. The number of nitro benzene ring substituents is 1. The normalized spacial score (nSPS) is 11.1. The summed E-state index contributed by atoms with van der Waals surface area (Å²) in [4.78, 5) is 22.7. The van der Waals surface area contributed by atoms with Crippen LogP contribution in [0.5, 0.6) is 0 Å². The minimum Gasteiger partial charge on any atom is -0.464 e. The van der Waals surface area contributed by atoms with E-state index in [0.29, 0.717) is 16.1 Å². The molecule has 1 heterocycles. The van der Waals surface area contributed by atoms with E-state index in [1.807, 2.05) is 18.2 Å². The summed E-state index contributed by atoms with van der Waals surface area (Å²) in [5.74, 6) is 0.157. The third-order valence-corrected chi connectivity index (χ3v) is 4.79. The molecule has 3 aromatic rings. The predicted octanol–water partition coefficient (Wildman–Crippen LogP) is 5.41. The van der Waals surface area contributed by atoms with Crippen molar-refractivity contribution < 1.29 is 14.1 Å². The van der Waals surface area contributed by atoms with Crippen LogP contribution in [0.1, 0.15) is 30.9 Å². The van der Waals surface area contributed by atoms with Gasteiger partial charge in [-0.2, -0.15) is 0 Å². The molecule has 0 bridgehead atoms. The first-order chi connectivity index (χ1) is 12.3. The van der Waals surface area contributed by atoms with E-state index >= 15 is 0 Å². The predicted molar refractivity (Wildman–Crippen MR) is 103 cm³/mol. The SMILES string of the molecule is CC(C)c1ccc2occ(CC(=O)Nc3ccc([N+](=O)[O-])cc3Br)c2c1. The molecule has 6 nitrogen and oxygen atoms in total. The van der Waals surface area contributed by atoms with Gasteiger partial charge in [0, 0.05) is 27.6 Å². The Morgan fingerprint density at radius 3 is 2.69 bits per heavy atom. The number of non-ortho nitro benzene ring substituents is 1. The van der Waals surface area contributed by atoms with Crippen LogP contribution in [0.15, 0.2) is 51.6 Å². The number of hydrogen-bond donors (Lipinski definition) is 1. The van der Waals surface area contributed by atoms with E-state index in [1.165, 1.54) is 23.8 Å². The zero-order valence-electron chi connectivity index (χ0n) is 14.3. The number of benzene rings is 2. The van der Waals surface area contributed by atoms with Crippen molar-refractivity contribution in [3.05, 3.63) is 68.4 Å². The molecule has 7 heteroatoms. The summed E-state index contributed by atoms with van der Waals surface area (Å²) >= 11 is 3.25. The van der Waals surface area contributed by atoms with Crippen molar-refractivity contribution in [3.8, 4) is 0 Å². The Bertz CT molecular complexity index is 994. The van der Waals surface area contributed by atoms with Crippen LogP contribution < -0.4 is 5.32 Å². The van der Waals surface area contributed by atoms with Crippen molar-refractivity contribution in [2.75, 3.05) is 5.32 Å². The Morgan fingerprint density at radius 2 is 2.04 bits per heavy atom. The van der Waals surface area contributed by atoms with Crippen LogP contribution in [0.4, 0.5) is 11.4 Å². The van der Waals surface area contributed by atoms with Crippen LogP contribution in [0, 0.1) is 10.1 Å². The third kappa shape index (κ3) is 3.77. The van der Waals surface area contributed by atoms with Gasteiger partial charge in [-0.25, -0.2) is 0 Å². The first-order valence-corrected chi connectivity index (χ1v) is 8.88. The number of nitro groups is 1. The lowest BCUT2D eigenvalue weighted by molar-refractivity contribution is -0.384. The number of rotatable bonds is 5. The molecule has 0 fully saturated rings. The first-order valence-electron chi connectivity index (χ1n) is 8.09. The van der Waals surface area contributed by atoms with Crippen LogP contribution in [0.2, 0.25) is 0 Å². The summed E-state index contributed by atoms with van der Waals surface area (Å²) in [7, 11) is 0. The molecule has 3 rings (SSSR count). The smallest absolute Gasteiger partial charge is 0.270 e. The van der Waals surface area contributed by atoms with E-state index in [0.717, 1.165) is 16.5 Å². The molecule has 0 atom stereocenters. The summed E-state index contributed by atoms with van der Waals surface area (Å²) in [5, 5.41) is 14.5. The van der Waals surface area contributed by atoms with E-state index in [2.05, 4.69) is 35.1 Å². The second-order valence-corrected chi connectivity index (χ2v) is 7.17. The van der Waals surface area contributed by atoms with E-state index < -0.39 is 4.92 Å². The second-order valence-electron chi connectivity index (χ2n) is 6.32. The van der Waals surface area contributed by atoms with Gasteiger partial charge in [0.2, 0.25) is 5.91 Å². The lowest BCUT2D eigenvalue weighted by Gasteiger charge is -2.08. The number of hydrogen-bond acceptors (Lipinski definition) is 4. The maximum absolute atomic E-state index is 12.4. The molecule has 0 aliphatic heterocycles. The van der Waals surface area contributed by atoms with Gasteiger partial charge in [-0.05, 0) is 45.6 Å². The monoisotopic (exact) mass is 416 g/mol. The standard InChI is InChI=1S/C19H17BrN2O4/c1-11(2)12-3-6-18-15(7-12)13(10-26-18)8-19(23)21-17-5-4-14(22(24)25)9-16(17)20/h3-7,9-11H,8H2,1-2H3,(H,21,23). The van der Waals surface area contributed by atoms with Crippen molar-refractivity contribution in [3.63, 3.8) is 0 Å². The summed E-state index contributed by atoms with van der Waals surface area (Å²) in [6.45, 7) is 4.22. The molecule has 0 radical (unpaired) electrons. The Labute approximate surface area is 158 Å². The molecule has 1 aromatic heterocycles. The van der Waals surface area contributed by atoms with E-state index in [-0.39, 0.29) is 18.0 Å². The quantitative estimate of drug-likeness (QED) is 0.445. The molecule has 2 aromatic carbocycles. The van der Waals surface area contributed by atoms with Gasteiger partial charge in [0.15, 0.2) is 0 Å². The molecule has 134 valence electrons. The average molecular weight is 417 g/mol. The molecule has 1 amide bonds. The number of anilines is 1. The maximum Gasteiger partial charge on any atom is 0.270 e. The summed E-state index contributed by atoms with van der Waals surface area (Å²) in [5.41, 5.74) is 3.17. The molecule has 0 saturated carbocycles. The fourth-order valence-electron chi connectivity index (χ4n) is 2.68. The van der Waals surface area contributed by atoms with Crippen LogP contribution in [-0.4, -0.2) is 10.8 Å². The minimum absolute atomic E-state index is 0.0445. The van der Waals surface area contributed by atoms with Crippen molar-refractivity contribution in [1.82, 2.24) is 0 Å². The van der Waals surface area contributed by atoms with E-state index in [1.54, 1.807) is 6.26 Å². The molecule has 1 N–H and O–H groups in total. The second kappa shape index (κ2) is 7.29. The molecular weight excluding hydrogens is 400 g/mol. The van der Waals surface area contributed by atoms with Gasteiger partial charge in [-0.15, -0.1) is 0 Å². The Balaban J connectivity index is 1.79. The molecular formula is C19H17BrN2O4. The number of furan rings is 1. The fourth-order valence-corrected chi connectivity index (χ4v) is 3.15. The Morgan fingerprint density at radius 1 is 1.27 bits per heavy atom. The molecule has 26 heavy (non-hydrogen) atoms. The number of halogens is 1. The van der Waals surface area contributed by atoms with Gasteiger partial charge in [0.05, 0.1) is 23.3 Å². The molecule has 0 aliphatic carbocycles. The highest BCUT2D eigenvalue weighted by Crippen LogP contribution is 2.29. The summed E-state index contributed by atoms with van der Waals surface area (Å²) < 4.78 is 5.99. The Hall–Kier alpha value is -2.67. The molecule has 0 unspecified atom stereocenters. The highest BCUT2D eigenvalue weighted by atomic mass is 79.9. The van der Waals surface area contributed by atoms with Crippen LogP contribution in [-0.2, 0) is 11.2 Å². The fraction of sp³-hybridized carbons (Fsp3) is 0.211. The maximum atomic E-state index is 12.4. The highest BCUT2D eigenvalue weighted by Gasteiger charge is 2.14. The summed E-state index contributed by atoms with van der Waals surface area (Å²) in [6, 6.07) is 10.2. The van der Waals surface area contributed by atoms with Crippen LogP contribution >= 0.6 is 15.9 Å². The van der Waals surface area contributed by atoms with Gasteiger partial charge in [-0.1, -0.05) is 19.9 Å². The lowest BCUT2D eigenvalue weighted by Crippen LogP contribution is -2.14. The van der Waals surface area contributed by atoms with Gasteiger partial charge in [-0.3, -0.25) is 14.9 Å². The van der Waals surface area contributed by atoms with Gasteiger partial charge in [0.1, 0.15) is 5.58 Å². The van der Waals surface area contributed by atoms with E-state index in [4.69, 9.17) is 4.42 Å². The largest absolute Gasteiger partial charge is 0.464 e. The van der Waals surface area contributed by atoms with Gasteiger partial charge >= 0.3 is 0 Å². The number of amides is 1. The Kier molecular flexibility index (Phi) is 5.08. The zero-order chi connectivity index (χ0) is 18.8. The average Bonchev–Trinajstić information content (AvgIpc) is 2.98. The van der Waals surface area contributed by atoms with Crippen LogP contribution in [0.25, 0.3) is 11.0 Å². The number of fused-ring (bicyclic) bond motifs is 1. The van der Waals surface area contributed by atoms with Crippen LogP contribution in [0.3, 0.4) is 0 Å². The minimum atomic E-state index is -0.486. The van der Waals surface area contributed by atoms with Crippen molar-refractivity contribution in [1.29, 1.82) is 0 Å². The summed E-state index contributed by atoms with van der Waals surface area (Å²) in [6.07, 6.45) is 1.75. The van der Waals surface area contributed by atoms with Gasteiger partial charge in [0.25, 0.3) is 5.69 Å². The topological polar surface area (TPSA) is 85.4 Å². The molecule has 0 spiro atoms. The highest BCUT2D eigenvalue weighted by molar-refractivity contribution is 9.10. The van der Waals surface area contributed by atoms with Crippen molar-refractivity contribution >= 4 is 44.2 Å². The lowest BCUT2D eigenvalue weighted by atomic mass is 10.00. The van der Waals surface area contributed by atoms with Gasteiger partial charge < -0.3 is 9.73 Å². The molecule has 0 aliphatic rings. The molecule has 0 saturated heterocycles.